The van der Waals surface area contributed by atoms with Crippen LogP contribution in [0.4, 0.5) is 4.39 Å². The average molecular weight is 337 g/mol. The van der Waals surface area contributed by atoms with Gasteiger partial charge in [-0.2, -0.15) is 0 Å². The van der Waals surface area contributed by atoms with Crippen LogP contribution in [0.1, 0.15) is 29.2 Å². The molecule has 0 saturated carbocycles. The van der Waals surface area contributed by atoms with Crippen LogP contribution < -0.4 is 4.72 Å². The maximum absolute atomic E-state index is 12.8. The third-order valence-corrected chi connectivity index (χ3v) is 4.94. The lowest BCUT2D eigenvalue weighted by Gasteiger charge is -2.12. The second kappa shape index (κ2) is 7.68. The van der Waals surface area contributed by atoms with Crippen molar-refractivity contribution in [2.45, 2.75) is 25.2 Å². The van der Waals surface area contributed by atoms with Crippen LogP contribution in [-0.4, -0.2) is 20.1 Å². The van der Waals surface area contributed by atoms with Gasteiger partial charge in [-0.05, 0) is 42.2 Å². The van der Waals surface area contributed by atoms with Gasteiger partial charge >= 0.3 is 0 Å². The van der Waals surface area contributed by atoms with E-state index >= 15 is 0 Å². The van der Waals surface area contributed by atoms with Crippen LogP contribution in [0.2, 0.25) is 0 Å². The molecule has 2 aromatic rings. The van der Waals surface area contributed by atoms with Gasteiger partial charge in [-0.3, -0.25) is 0 Å². The fourth-order valence-electron chi connectivity index (χ4n) is 2.23. The molecule has 0 bridgehead atoms. The highest BCUT2D eigenvalue weighted by atomic mass is 32.2. The molecule has 0 aliphatic heterocycles. The monoisotopic (exact) mass is 337 g/mol. The minimum atomic E-state index is -3.46. The molecule has 1 atom stereocenters. The van der Waals surface area contributed by atoms with Crippen molar-refractivity contribution in [3.8, 4) is 0 Å². The zero-order chi connectivity index (χ0) is 16.9. The van der Waals surface area contributed by atoms with E-state index in [-0.39, 0.29) is 24.5 Å². The Kier molecular flexibility index (Phi) is 5.87. The molecular weight excluding hydrogens is 317 g/mol. The molecule has 4 nitrogen and oxygen atoms in total. The lowest BCUT2D eigenvalue weighted by molar-refractivity contribution is 0.169. The van der Waals surface area contributed by atoms with Gasteiger partial charge in [-0.15, -0.1) is 0 Å². The third-order valence-electron chi connectivity index (χ3n) is 3.60. The quantitative estimate of drug-likeness (QED) is 0.816. The summed E-state index contributed by atoms with van der Waals surface area (Å²) < 4.78 is 39.5. The normalized spacial score (nSPS) is 13.0. The molecule has 124 valence electrons. The van der Waals surface area contributed by atoms with Crippen LogP contribution >= 0.6 is 0 Å². The predicted molar refractivity (Wildman–Crippen MR) is 87.8 cm³/mol. The van der Waals surface area contributed by atoms with Crippen molar-refractivity contribution in [3.63, 3.8) is 0 Å². The number of rotatable bonds is 7. The summed E-state index contributed by atoms with van der Waals surface area (Å²) in [5.74, 6) is -0.466. The average Bonchev–Trinajstić information content (AvgIpc) is 2.50. The van der Waals surface area contributed by atoms with Gasteiger partial charge in [0.25, 0.3) is 0 Å². The largest absolute Gasteiger partial charge is 0.388 e. The molecule has 2 N–H and O–H groups in total. The first kappa shape index (κ1) is 17.6. The standard InChI is InChI=1S/C17H20FNO3S/c1-13-4-2-3-5-15(13)12-23(21,22)19-11-10-17(20)14-6-8-16(18)9-7-14/h2-9,17,19-20H,10-12H2,1H3. The molecule has 0 radical (unpaired) electrons. The van der Waals surface area contributed by atoms with E-state index in [0.717, 1.165) is 11.1 Å². The van der Waals surface area contributed by atoms with Gasteiger partial charge in [0.2, 0.25) is 10.0 Å². The summed E-state index contributed by atoms with van der Waals surface area (Å²) >= 11 is 0. The number of halogens is 1. The van der Waals surface area contributed by atoms with Crippen molar-refractivity contribution in [2.24, 2.45) is 0 Å². The van der Waals surface area contributed by atoms with E-state index in [0.29, 0.717) is 5.56 Å². The molecule has 0 fully saturated rings. The Morgan fingerprint density at radius 2 is 1.78 bits per heavy atom. The van der Waals surface area contributed by atoms with Gasteiger partial charge in [0.05, 0.1) is 11.9 Å². The highest BCUT2D eigenvalue weighted by Gasteiger charge is 2.14. The minimum absolute atomic E-state index is 0.0910. The van der Waals surface area contributed by atoms with Crippen LogP contribution in [0, 0.1) is 12.7 Å². The lowest BCUT2D eigenvalue weighted by Crippen LogP contribution is -2.27. The number of aliphatic hydroxyl groups excluding tert-OH is 1. The molecule has 6 heteroatoms. The Morgan fingerprint density at radius 1 is 1.13 bits per heavy atom. The maximum Gasteiger partial charge on any atom is 0.215 e. The van der Waals surface area contributed by atoms with Gasteiger partial charge < -0.3 is 5.11 Å². The van der Waals surface area contributed by atoms with Crippen LogP contribution in [0.25, 0.3) is 0 Å². The highest BCUT2D eigenvalue weighted by Crippen LogP contribution is 2.17. The Balaban J connectivity index is 1.87. The van der Waals surface area contributed by atoms with Gasteiger partial charge in [-0.25, -0.2) is 17.5 Å². The Morgan fingerprint density at radius 3 is 2.43 bits per heavy atom. The lowest BCUT2D eigenvalue weighted by atomic mass is 10.1. The van der Waals surface area contributed by atoms with Gasteiger partial charge in [0.15, 0.2) is 0 Å². The number of hydrogen-bond donors (Lipinski definition) is 2. The topological polar surface area (TPSA) is 66.4 Å². The zero-order valence-corrected chi connectivity index (χ0v) is 13.7. The van der Waals surface area contributed by atoms with E-state index in [2.05, 4.69) is 4.72 Å². The number of nitrogens with one attached hydrogen (secondary N) is 1. The van der Waals surface area contributed by atoms with Crippen LogP contribution in [0.3, 0.4) is 0 Å². The summed E-state index contributed by atoms with van der Waals surface area (Å²) in [5.41, 5.74) is 2.23. The van der Waals surface area contributed by atoms with Crippen molar-refractivity contribution in [1.82, 2.24) is 4.72 Å². The summed E-state index contributed by atoms with van der Waals surface area (Å²) in [6.45, 7) is 1.98. The number of aryl methyl sites for hydroxylation is 1. The van der Waals surface area contributed by atoms with E-state index in [1.54, 1.807) is 12.1 Å². The smallest absolute Gasteiger partial charge is 0.215 e. The van der Waals surface area contributed by atoms with E-state index in [4.69, 9.17) is 0 Å². The van der Waals surface area contributed by atoms with Gasteiger partial charge in [0.1, 0.15) is 5.82 Å². The summed E-state index contributed by atoms with van der Waals surface area (Å²) in [6.07, 6.45) is -0.615. The fraction of sp³-hybridized carbons (Fsp3) is 0.294. The van der Waals surface area contributed by atoms with Crippen molar-refractivity contribution in [3.05, 3.63) is 71.0 Å². The Labute approximate surface area is 136 Å². The van der Waals surface area contributed by atoms with Crippen molar-refractivity contribution < 1.29 is 17.9 Å². The molecular formula is C17H20FNO3S. The summed E-state index contributed by atoms with van der Waals surface area (Å²) in [6, 6.07) is 12.8. The molecule has 0 spiro atoms. The molecule has 0 aliphatic rings. The molecule has 2 aromatic carbocycles. The summed E-state index contributed by atoms with van der Waals surface area (Å²) in [5, 5.41) is 9.98. The molecule has 1 unspecified atom stereocenters. The van der Waals surface area contributed by atoms with Crippen LogP contribution in [-0.2, 0) is 15.8 Å². The molecule has 0 saturated heterocycles. The number of benzene rings is 2. The molecule has 0 amide bonds. The van der Waals surface area contributed by atoms with Crippen molar-refractivity contribution in [1.29, 1.82) is 0 Å². The first-order valence-corrected chi connectivity index (χ1v) is 8.98. The Hall–Kier alpha value is -1.76. The second-order valence-corrected chi connectivity index (χ2v) is 7.24. The van der Waals surface area contributed by atoms with E-state index in [1.807, 2.05) is 19.1 Å². The number of hydrogen-bond acceptors (Lipinski definition) is 3. The van der Waals surface area contributed by atoms with Crippen molar-refractivity contribution in [2.75, 3.05) is 6.54 Å². The van der Waals surface area contributed by atoms with Crippen LogP contribution in [0.15, 0.2) is 48.5 Å². The Bertz CT molecular complexity index is 745. The van der Waals surface area contributed by atoms with Crippen LogP contribution in [0.5, 0.6) is 0 Å². The molecule has 0 heterocycles. The number of aliphatic hydroxyl groups is 1. The molecule has 0 aromatic heterocycles. The minimum Gasteiger partial charge on any atom is -0.388 e. The fourth-order valence-corrected chi connectivity index (χ4v) is 3.49. The van der Waals surface area contributed by atoms with E-state index in [9.17, 15) is 17.9 Å². The van der Waals surface area contributed by atoms with E-state index < -0.39 is 16.1 Å². The maximum atomic E-state index is 12.8. The molecule has 0 aliphatic carbocycles. The zero-order valence-electron chi connectivity index (χ0n) is 12.9. The molecule has 23 heavy (non-hydrogen) atoms. The van der Waals surface area contributed by atoms with Gasteiger partial charge in [0, 0.05) is 6.54 Å². The first-order valence-electron chi connectivity index (χ1n) is 7.33. The number of sulfonamides is 1. The SMILES string of the molecule is Cc1ccccc1CS(=O)(=O)NCCC(O)c1ccc(F)cc1. The summed E-state index contributed by atoms with van der Waals surface area (Å²) in [7, 11) is -3.46. The first-order chi connectivity index (χ1) is 10.9. The van der Waals surface area contributed by atoms with Crippen molar-refractivity contribution >= 4 is 10.0 Å². The van der Waals surface area contributed by atoms with E-state index in [1.165, 1.54) is 24.3 Å². The second-order valence-electron chi connectivity index (χ2n) is 5.44. The summed E-state index contributed by atoms with van der Waals surface area (Å²) in [4.78, 5) is 0. The molecule has 2 rings (SSSR count). The highest BCUT2D eigenvalue weighted by molar-refractivity contribution is 7.88. The predicted octanol–water partition coefficient (Wildman–Crippen LogP) is 2.68. The third kappa shape index (κ3) is 5.42. The van der Waals surface area contributed by atoms with Gasteiger partial charge in [-0.1, -0.05) is 36.4 Å².